The Kier molecular flexibility index (Phi) is 4.86. The molecule has 0 unspecified atom stereocenters. The molecule has 3 aromatic rings. The molecule has 0 aliphatic carbocycles. The molecule has 0 saturated carbocycles. The minimum Gasteiger partial charge on any atom is -0.369 e. The summed E-state index contributed by atoms with van der Waals surface area (Å²) in [5.41, 5.74) is 1.83. The molecule has 2 heterocycles. The van der Waals surface area contributed by atoms with Crippen molar-refractivity contribution in [1.82, 2.24) is 15.0 Å². The van der Waals surface area contributed by atoms with Crippen LogP contribution in [0.2, 0.25) is 0 Å². The van der Waals surface area contributed by atoms with Crippen molar-refractivity contribution in [3.63, 3.8) is 0 Å². The van der Waals surface area contributed by atoms with Gasteiger partial charge in [-0.15, -0.1) is 0 Å². The third-order valence-electron chi connectivity index (χ3n) is 3.58. The third-order valence-corrected chi connectivity index (χ3v) is 4.01. The fraction of sp³-hybridized carbons (Fsp3) is 0.278. The number of hydrogen-bond donors (Lipinski definition) is 1. The lowest BCUT2D eigenvalue weighted by Crippen LogP contribution is -2.08. The maximum atomic E-state index is 4.73. The number of halogens is 1. The number of anilines is 1. The molecular weight excluding hydrogens is 352 g/mol. The van der Waals surface area contributed by atoms with Gasteiger partial charge < -0.3 is 5.32 Å². The summed E-state index contributed by atoms with van der Waals surface area (Å²) >= 11 is 3.45. The first-order valence-corrected chi connectivity index (χ1v) is 8.54. The summed E-state index contributed by atoms with van der Waals surface area (Å²) in [6.07, 6.45) is 4.64. The van der Waals surface area contributed by atoms with Crippen LogP contribution in [0.5, 0.6) is 0 Å². The van der Waals surface area contributed by atoms with Gasteiger partial charge in [-0.05, 0) is 46.5 Å². The van der Waals surface area contributed by atoms with Crippen molar-refractivity contribution >= 4 is 32.7 Å². The maximum Gasteiger partial charge on any atom is 0.163 e. The van der Waals surface area contributed by atoms with Crippen LogP contribution in [0.1, 0.15) is 20.3 Å². The molecule has 0 atom stereocenters. The Morgan fingerprint density at radius 3 is 2.74 bits per heavy atom. The second-order valence-electron chi connectivity index (χ2n) is 5.91. The second-order valence-corrected chi connectivity index (χ2v) is 6.83. The van der Waals surface area contributed by atoms with Crippen LogP contribution in [0.3, 0.4) is 0 Å². The van der Waals surface area contributed by atoms with Gasteiger partial charge in [0, 0.05) is 34.4 Å². The molecule has 5 heteroatoms. The van der Waals surface area contributed by atoms with E-state index in [1.165, 1.54) is 0 Å². The van der Waals surface area contributed by atoms with Crippen molar-refractivity contribution in [2.75, 3.05) is 11.9 Å². The summed E-state index contributed by atoms with van der Waals surface area (Å²) in [6, 6.07) is 10.1. The van der Waals surface area contributed by atoms with Crippen molar-refractivity contribution in [1.29, 1.82) is 0 Å². The van der Waals surface area contributed by atoms with Gasteiger partial charge in [-0.2, -0.15) is 0 Å². The number of para-hydroxylation sites is 1. The molecule has 0 saturated heterocycles. The van der Waals surface area contributed by atoms with E-state index < -0.39 is 0 Å². The Morgan fingerprint density at radius 2 is 1.96 bits per heavy atom. The lowest BCUT2D eigenvalue weighted by molar-refractivity contribution is 0.607. The lowest BCUT2D eigenvalue weighted by atomic mass is 10.1. The monoisotopic (exact) mass is 370 g/mol. The Hall–Kier alpha value is -2.01. The first-order chi connectivity index (χ1) is 11.1. The molecule has 0 spiro atoms. The summed E-state index contributed by atoms with van der Waals surface area (Å²) < 4.78 is 0.918. The number of pyridine rings is 1. The smallest absolute Gasteiger partial charge is 0.163 e. The fourth-order valence-corrected chi connectivity index (χ4v) is 2.72. The van der Waals surface area contributed by atoms with Gasteiger partial charge >= 0.3 is 0 Å². The van der Waals surface area contributed by atoms with Crippen molar-refractivity contribution in [3.05, 3.63) is 47.2 Å². The SMILES string of the molecule is CC(C)CCNc1nc(-c2cncc(Br)c2)nc2ccccc12. The molecule has 0 aliphatic rings. The molecular formula is C18H19BrN4. The Balaban J connectivity index is 2.03. The summed E-state index contributed by atoms with van der Waals surface area (Å²) in [4.78, 5) is 13.6. The molecule has 1 N–H and O–H groups in total. The van der Waals surface area contributed by atoms with Gasteiger partial charge in [0.05, 0.1) is 5.52 Å². The first kappa shape index (κ1) is 15.9. The number of nitrogens with one attached hydrogen (secondary N) is 1. The summed E-state index contributed by atoms with van der Waals surface area (Å²) in [7, 11) is 0. The molecule has 0 aliphatic heterocycles. The van der Waals surface area contributed by atoms with Crippen LogP contribution in [0.25, 0.3) is 22.3 Å². The van der Waals surface area contributed by atoms with Gasteiger partial charge in [-0.3, -0.25) is 4.98 Å². The topological polar surface area (TPSA) is 50.7 Å². The van der Waals surface area contributed by atoms with Gasteiger partial charge in [-0.1, -0.05) is 26.0 Å². The highest BCUT2D eigenvalue weighted by Crippen LogP contribution is 2.25. The minimum absolute atomic E-state index is 0.657. The van der Waals surface area contributed by atoms with Crippen molar-refractivity contribution in [2.45, 2.75) is 20.3 Å². The third kappa shape index (κ3) is 3.85. The first-order valence-electron chi connectivity index (χ1n) is 7.75. The summed E-state index contributed by atoms with van der Waals surface area (Å²) in [5, 5.41) is 4.50. The number of fused-ring (bicyclic) bond motifs is 1. The normalized spacial score (nSPS) is 11.1. The van der Waals surface area contributed by atoms with E-state index in [1.54, 1.807) is 12.4 Å². The van der Waals surface area contributed by atoms with Gasteiger partial charge in [0.25, 0.3) is 0 Å². The zero-order valence-electron chi connectivity index (χ0n) is 13.3. The number of aromatic nitrogens is 3. The van der Waals surface area contributed by atoms with Crippen LogP contribution in [0, 0.1) is 5.92 Å². The Morgan fingerprint density at radius 1 is 1.13 bits per heavy atom. The van der Waals surface area contributed by atoms with Crippen LogP contribution in [0.15, 0.2) is 47.2 Å². The van der Waals surface area contributed by atoms with Crippen molar-refractivity contribution in [2.24, 2.45) is 5.92 Å². The summed E-state index contributed by atoms with van der Waals surface area (Å²) in [5.74, 6) is 2.22. The lowest BCUT2D eigenvalue weighted by Gasteiger charge is -2.12. The van der Waals surface area contributed by atoms with Gasteiger partial charge in [0.15, 0.2) is 5.82 Å². The van der Waals surface area contributed by atoms with E-state index in [1.807, 2.05) is 24.3 Å². The van der Waals surface area contributed by atoms with Crippen LogP contribution >= 0.6 is 15.9 Å². The number of hydrogen-bond acceptors (Lipinski definition) is 4. The largest absolute Gasteiger partial charge is 0.369 e. The molecule has 0 amide bonds. The van der Waals surface area contributed by atoms with Crippen molar-refractivity contribution in [3.8, 4) is 11.4 Å². The van der Waals surface area contributed by atoms with Crippen molar-refractivity contribution < 1.29 is 0 Å². The predicted molar refractivity (Wildman–Crippen MR) is 98.4 cm³/mol. The predicted octanol–water partition coefficient (Wildman–Crippen LogP) is 4.91. The average Bonchev–Trinajstić information content (AvgIpc) is 2.54. The molecule has 4 nitrogen and oxygen atoms in total. The number of nitrogens with zero attached hydrogens (tertiary/aromatic N) is 3. The van der Waals surface area contributed by atoms with E-state index >= 15 is 0 Å². The van der Waals surface area contributed by atoms with Gasteiger partial charge in [0.1, 0.15) is 5.82 Å². The van der Waals surface area contributed by atoms with E-state index in [9.17, 15) is 0 Å². The van der Waals surface area contributed by atoms with E-state index in [-0.39, 0.29) is 0 Å². The van der Waals surface area contributed by atoms with Gasteiger partial charge in [-0.25, -0.2) is 9.97 Å². The van der Waals surface area contributed by atoms with E-state index in [0.29, 0.717) is 11.7 Å². The number of benzene rings is 1. The zero-order valence-corrected chi connectivity index (χ0v) is 14.8. The second kappa shape index (κ2) is 7.04. The Labute approximate surface area is 144 Å². The molecule has 0 radical (unpaired) electrons. The molecule has 2 aromatic heterocycles. The molecule has 1 aromatic carbocycles. The average molecular weight is 371 g/mol. The van der Waals surface area contributed by atoms with Crippen LogP contribution in [-0.4, -0.2) is 21.5 Å². The maximum absolute atomic E-state index is 4.73. The fourth-order valence-electron chi connectivity index (χ4n) is 2.35. The highest BCUT2D eigenvalue weighted by Gasteiger charge is 2.10. The van der Waals surface area contributed by atoms with E-state index in [4.69, 9.17) is 4.98 Å². The van der Waals surface area contributed by atoms with Gasteiger partial charge in [0.2, 0.25) is 0 Å². The molecule has 118 valence electrons. The molecule has 0 fully saturated rings. The molecule has 23 heavy (non-hydrogen) atoms. The molecule has 0 bridgehead atoms. The summed E-state index contributed by atoms with van der Waals surface area (Å²) in [6.45, 7) is 5.34. The quantitative estimate of drug-likeness (QED) is 0.692. The van der Waals surface area contributed by atoms with Crippen LogP contribution < -0.4 is 5.32 Å². The standard InChI is InChI=1S/C18H19BrN4/c1-12(2)7-8-21-18-15-5-3-4-6-16(15)22-17(23-18)13-9-14(19)11-20-10-13/h3-6,9-12H,7-8H2,1-2H3,(H,21,22,23). The Bertz CT molecular complexity index is 817. The highest BCUT2D eigenvalue weighted by molar-refractivity contribution is 9.10. The van der Waals surface area contributed by atoms with Crippen LogP contribution in [-0.2, 0) is 0 Å². The minimum atomic E-state index is 0.657. The number of rotatable bonds is 5. The molecule has 3 rings (SSSR count). The van der Waals surface area contributed by atoms with E-state index in [2.05, 4.69) is 51.1 Å². The van der Waals surface area contributed by atoms with Crippen LogP contribution in [0.4, 0.5) is 5.82 Å². The zero-order chi connectivity index (χ0) is 16.2. The highest BCUT2D eigenvalue weighted by atomic mass is 79.9. The van der Waals surface area contributed by atoms with E-state index in [0.717, 1.165) is 39.7 Å².